The SMILES string of the molecule is Nc1nc(CN(CCO)C2CCCC2)nc2ccccc12. The minimum atomic E-state index is 0.166. The molecule has 3 rings (SSSR count). The standard InChI is InChI=1S/C16H22N4O/c17-16-13-7-3-4-8-14(13)18-15(19-16)11-20(9-10-21)12-5-1-2-6-12/h3-4,7-8,12,21H,1-2,5-6,9-11H2,(H2,17,18,19). The van der Waals surface area contributed by atoms with Gasteiger partial charge >= 0.3 is 0 Å². The second-order valence-corrected chi connectivity index (χ2v) is 5.67. The van der Waals surface area contributed by atoms with Crippen LogP contribution < -0.4 is 5.73 Å². The third-order valence-corrected chi connectivity index (χ3v) is 4.25. The summed E-state index contributed by atoms with van der Waals surface area (Å²) in [6.07, 6.45) is 4.94. The van der Waals surface area contributed by atoms with E-state index in [2.05, 4.69) is 14.9 Å². The van der Waals surface area contributed by atoms with E-state index in [0.29, 0.717) is 24.9 Å². The molecule has 112 valence electrons. The lowest BCUT2D eigenvalue weighted by molar-refractivity contribution is 0.142. The third-order valence-electron chi connectivity index (χ3n) is 4.25. The van der Waals surface area contributed by atoms with E-state index in [0.717, 1.165) is 16.7 Å². The Hall–Kier alpha value is -1.72. The quantitative estimate of drug-likeness (QED) is 0.878. The minimum absolute atomic E-state index is 0.166. The zero-order valence-electron chi connectivity index (χ0n) is 12.2. The van der Waals surface area contributed by atoms with Gasteiger partial charge in [-0.25, -0.2) is 9.97 Å². The molecule has 0 amide bonds. The molecule has 0 atom stereocenters. The highest BCUT2D eigenvalue weighted by Gasteiger charge is 2.23. The summed E-state index contributed by atoms with van der Waals surface area (Å²) >= 11 is 0. The van der Waals surface area contributed by atoms with Crippen molar-refractivity contribution in [2.24, 2.45) is 0 Å². The Balaban J connectivity index is 1.84. The van der Waals surface area contributed by atoms with Crippen molar-refractivity contribution in [3.8, 4) is 0 Å². The number of aromatic nitrogens is 2. The van der Waals surface area contributed by atoms with E-state index in [1.807, 2.05) is 24.3 Å². The van der Waals surface area contributed by atoms with Crippen molar-refractivity contribution in [1.82, 2.24) is 14.9 Å². The maximum atomic E-state index is 9.29. The first-order valence-corrected chi connectivity index (χ1v) is 7.64. The summed E-state index contributed by atoms with van der Waals surface area (Å²) in [6.45, 7) is 1.49. The van der Waals surface area contributed by atoms with Gasteiger partial charge in [0, 0.05) is 18.0 Å². The molecule has 2 aromatic rings. The summed E-state index contributed by atoms with van der Waals surface area (Å²) < 4.78 is 0. The Morgan fingerprint density at radius 2 is 1.95 bits per heavy atom. The first kappa shape index (κ1) is 14.2. The molecular weight excluding hydrogens is 264 g/mol. The topological polar surface area (TPSA) is 75.3 Å². The molecule has 3 N–H and O–H groups in total. The van der Waals surface area contributed by atoms with Crippen molar-refractivity contribution in [3.05, 3.63) is 30.1 Å². The summed E-state index contributed by atoms with van der Waals surface area (Å²) in [5, 5.41) is 10.2. The molecular formula is C16H22N4O. The lowest BCUT2D eigenvalue weighted by atomic mass is 10.2. The van der Waals surface area contributed by atoms with Crippen LogP contribution in [0, 0.1) is 0 Å². The minimum Gasteiger partial charge on any atom is -0.395 e. The molecule has 0 saturated heterocycles. The smallest absolute Gasteiger partial charge is 0.145 e. The van der Waals surface area contributed by atoms with Gasteiger partial charge < -0.3 is 10.8 Å². The van der Waals surface area contributed by atoms with Gasteiger partial charge in [0.1, 0.15) is 11.6 Å². The van der Waals surface area contributed by atoms with Crippen LogP contribution >= 0.6 is 0 Å². The number of hydrogen-bond donors (Lipinski definition) is 2. The van der Waals surface area contributed by atoms with Crippen LogP contribution in [0.15, 0.2) is 24.3 Å². The predicted octanol–water partition coefficient (Wildman–Crippen LogP) is 1.95. The van der Waals surface area contributed by atoms with Gasteiger partial charge in [-0.05, 0) is 25.0 Å². The largest absolute Gasteiger partial charge is 0.395 e. The van der Waals surface area contributed by atoms with E-state index >= 15 is 0 Å². The number of aliphatic hydroxyl groups excluding tert-OH is 1. The fraction of sp³-hybridized carbons (Fsp3) is 0.500. The molecule has 5 heteroatoms. The van der Waals surface area contributed by atoms with Crippen LogP contribution in [-0.2, 0) is 6.54 Å². The Morgan fingerprint density at radius 3 is 2.71 bits per heavy atom. The molecule has 0 unspecified atom stereocenters. The third kappa shape index (κ3) is 3.14. The molecule has 0 bridgehead atoms. The number of aliphatic hydroxyl groups is 1. The normalized spacial score (nSPS) is 16.1. The van der Waals surface area contributed by atoms with E-state index in [-0.39, 0.29) is 6.61 Å². The lowest BCUT2D eigenvalue weighted by Gasteiger charge is -2.27. The number of rotatable bonds is 5. The first-order chi connectivity index (χ1) is 10.3. The zero-order valence-corrected chi connectivity index (χ0v) is 12.2. The summed E-state index contributed by atoms with van der Waals surface area (Å²) in [5.41, 5.74) is 6.93. The summed E-state index contributed by atoms with van der Waals surface area (Å²) in [6, 6.07) is 8.34. The van der Waals surface area contributed by atoms with E-state index in [1.54, 1.807) is 0 Å². The molecule has 0 radical (unpaired) electrons. The number of nitrogens with zero attached hydrogens (tertiary/aromatic N) is 3. The highest BCUT2D eigenvalue weighted by Crippen LogP contribution is 2.25. The highest BCUT2D eigenvalue weighted by atomic mass is 16.3. The van der Waals surface area contributed by atoms with Crippen molar-refractivity contribution >= 4 is 16.7 Å². The Morgan fingerprint density at radius 1 is 1.19 bits per heavy atom. The van der Waals surface area contributed by atoms with Crippen LogP contribution in [0.3, 0.4) is 0 Å². The van der Waals surface area contributed by atoms with Crippen molar-refractivity contribution in [2.45, 2.75) is 38.3 Å². The Labute approximate surface area is 124 Å². The molecule has 1 aromatic heterocycles. The molecule has 1 aliphatic rings. The van der Waals surface area contributed by atoms with Crippen molar-refractivity contribution in [1.29, 1.82) is 0 Å². The molecule has 1 aliphatic carbocycles. The fourth-order valence-corrected chi connectivity index (χ4v) is 3.19. The highest BCUT2D eigenvalue weighted by molar-refractivity contribution is 5.87. The predicted molar refractivity (Wildman–Crippen MR) is 83.7 cm³/mol. The van der Waals surface area contributed by atoms with Gasteiger partial charge in [-0.15, -0.1) is 0 Å². The van der Waals surface area contributed by atoms with Crippen LogP contribution in [0.1, 0.15) is 31.5 Å². The van der Waals surface area contributed by atoms with Crippen molar-refractivity contribution in [3.63, 3.8) is 0 Å². The Bertz CT molecular complexity index is 610. The number of fused-ring (bicyclic) bond motifs is 1. The average Bonchev–Trinajstić information content (AvgIpc) is 3.01. The first-order valence-electron chi connectivity index (χ1n) is 7.64. The monoisotopic (exact) mass is 286 g/mol. The maximum Gasteiger partial charge on any atom is 0.145 e. The van der Waals surface area contributed by atoms with Crippen LogP contribution in [0.25, 0.3) is 10.9 Å². The van der Waals surface area contributed by atoms with E-state index in [9.17, 15) is 5.11 Å². The second-order valence-electron chi connectivity index (χ2n) is 5.67. The van der Waals surface area contributed by atoms with Gasteiger partial charge in [0.15, 0.2) is 0 Å². The molecule has 0 spiro atoms. The van der Waals surface area contributed by atoms with Crippen molar-refractivity contribution in [2.75, 3.05) is 18.9 Å². The molecule has 1 fully saturated rings. The van der Waals surface area contributed by atoms with E-state index in [1.165, 1.54) is 25.7 Å². The molecule has 1 aromatic carbocycles. The van der Waals surface area contributed by atoms with Gasteiger partial charge in [0.05, 0.1) is 18.7 Å². The lowest BCUT2D eigenvalue weighted by Crippen LogP contribution is -2.35. The average molecular weight is 286 g/mol. The maximum absolute atomic E-state index is 9.29. The number of benzene rings is 1. The van der Waals surface area contributed by atoms with E-state index in [4.69, 9.17) is 5.73 Å². The van der Waals surface area contributed by atoms with Crippen LogP contribution in [0.4, 0.5) is 5.82 Å². The molecule has 0 aliphatic heterocycles. The van der Waals surface area contributed by atoms with Gasteiger partial charge in [-0.1, -0.05) is 25.0 Å². The number of hydrogen-bond acceptors (Lipinski definition) is 5. The van der Waals surface area contributed by atoms with Crippen LogP contribution in [0.2, 0.25) is 0 Å². The van der Waals surface area contributed by atoms with Crippen LogP contribution in [-0.4, -0.2) is 39.2 Å². The Kier molecular flexibility index (Phi) is 4.31. The van der Waals surface area contributed by atoms with Gasteiger partial charge in [0.2, 0.25) is 0 Å². The number of nitrogen functional groups attached to an aromatic ring is 1. The number of anilines is 1. The molecule has 1 saturated carbocycles. The number of para-hydroxylation sites is 1. The van der Waals surface area contributed by atoms with Crippen LogP contribution in [0.5, 0.6) is 0 Å². The summed E-state index contributed by atoms with van der Waals surface area (Å²) in [7, 11) is 0. The number of nitrogens with two attached hydrogens (primary N) is 1. The van der Waals surface area contributed by atoms with Gasteiger partial charge in [0.25, 0.3) is 0 Å². The fourth-order valence-electron chi connectivity index (χ4n) is 3.19. The molecule has 21 heavy (non-hydrogen) atoms. The molecule has 5 nitrogen and oxygen atoms in total. The summed E-state index contributed by atoms with van der Waals surface area (Å²) in [4.78, 5) is 11.3. The zero-order chi connectivity index (χ0) is 14.7. The van der Waals surface area contributed by atoms with E-state index < -0.39 is 0 Å². The summed E-state index contributed by atoms with van der Waals surface area (Å²) in [5.74, 6) is 1.28. The van der Waals surface area contributed by atoms with Crippen molar-refractivity contribution < 1.29 is 5.11 Å². The van der Waals surface area contributed by atoms with Gasteiger partial charge in [-0.2, -0.15) is 0 Å². The molecule has 1 heterocycles. The van der Waals surface area contributed by atoms with Gasteiger partial charge in [-0.3, -0.25) is 4.90 Å². The second kappa shape index (κ2) is 6.37.